The van der Waals surface area contributed by atoms with Gasteiger partial charge in [0.2, 0.25) is 11.8 Å². The van der Waals surface area contributed by atoms with E-state index in [2.05, 4.69) is 12.2 Å². The van der Waals surface area contributed by atoms with Crippen LogP contribution in [0.5, 0.6) is 0 Å². The third kappa shape index (κ3) is 2.95. The van der Waals surface area contributed by atoms with Crippen molar-refractivity contribution in [1.82, 2.24) is 5.32 Å². The predicted octanol–water partition coefficient (Wildman–Crippen LogP) is 1.93. The summed E-state index contributed by atoms with van der Waals surface area (Å²) in [5, 5.41) is 2.88. The van der Waals surface area contributed by atoms with Gasteiger partial charge in [-0.3, -0.25) is 9.59 Å². The summed E-state index contributed by atoms with van der Waals surface area (Å²) < 4.78 is 0. The summed E-state index contributed by atoms with van der Waals surface area (Å²) in [6.07, 6.45) is 0.840. The number of hydrogen-bond acceptors (Lipinski definition) is 2. The number of benzene rings is 1. The SMILES string of the molecule is CCC(=O)N[C@@H]1CC(=O)N(c2ccc(C)c(C)c2)C1. The van der Waals surface area contributed by atoms with Crippen molar-refractivity contribution in [1.29, 1.82) is 0 Å². The van der Waals surface area contributed by atoms with Crippen LogP contribution in [0.4, 0.5) is 5.69 Å². The van der Waals surface area contributed by atoms with E-state index in [-0.39, 0.29) is 17.9 Å². The average molecular weight is 260 g/mol. The highest BCUT2D eigenvalue weighted by molar-refractivity contribution is 5.97. The van der Waals surface area contributed by atoms with Crippen LogP contribution < -0.4 is 10.2 Å². The molecule has 0 aliphatic carbocycles. The lowest BCUT2D eigenvalue weighted by Gasteiger charge is -2.18. The van der Waals surface area contributed by atoms with Gasteiger partial charge in [-0.05, 0) is 37.1 Å². The van der Waals surface area contributed by atoms with E-state index >= 15 is 0 Å². The third-order valence-corrected chi connectivity index (χ3v) is 3.61. The molecular weight excluding hydrogens is 240 g/mol. The molecule has 1 N–H and O–H groups in total. The number of anilines is 1. The first-order valence-electron chi connectivity index (χ1n) is 6.68. The van der Waals surface area contributed by atoms with Crippen LogP contribution in [0.25, 0.3) is 0 Å². The number of hydrogen-bond donors (Lipinski definition) is 1. The molecular formula is C15H20N2O2. The second-order valence-electron chi connectivity index (χ2n) is 5.10. The van der Waals surface area contributed by atoms with Crippen molar-refractivity contribution in [3.8, 4) is 0 Å². The van der Waals surface area contributed by atoms with Gasteiger partial charge in [0.1, 0.15) is 0 Å². The van der Waals surface area contributed by atoms with Gasteiger partial charge in [-0.15, -0.1) is 0 Å². The fraction of sp³-hybridized carbons (Fsp3) is 0.467. The maximum Gasteiger partial charge on any atom is 0.229 e. The molecule has 1 atom stereocenters. The minimum atomic E-state index is -0.0680. The molecule has 19 heavy (non-hydrogen) atoms. The summed E-state index contributed by atoms with van der Waals surface area (Å²) in [5.74, 6) is 0.0735. The fourth-order valence-corrected chi connectivity index (χ4v) is 2.28. The normalized spacial score (nSPS) is 18.8. The Labute approximate surface area is 113 Å². The van der Waals surface area contributed by atoms with E-state index in [4.69, 9.17) is 0 Å². The van der Waals surface area contributed by atoms with Crippen molar-refractivity contribution in [2.24, 2.45) is 0 Å². The van der Waals surface area contributed by atoms with Crippen LogP contribution in [0.1, 0.15) is 30.9 Å². The summed E-state index contributed by atoms with van der Waals surface area (Å²) in [7, 11) is 0. The molecule has 0 bridgehead atoms. The quantitative estimate of drug-likeness (QED) is 0.903. The molecule has 1 aliphatic heterocycles. The summed E-state index contributed by atoms with van der Waals surface area (Å²) >= 11 is 0. The van der Waals surface area contributed by atoms with E-state index in [1.54, 1.807) is 4.90 Å². The molecule has 0 unspecified atom stereocenters. The second-order valence-corrected chi connectivity index (χ2v) is 5.10. The van der Waals surface area contributed by atoms with E-state index < -0.39 is 0 Å². The smallest absolute Gasteiger partial charge is 0.229 e. The zero-order valence-electron chi connectivity index (χ0n) is 11.7. The van der Waals surface area contributed by atoms with Crippen LogP contribution in [-0.2, 0) is 9.59 Å². The molecule has 1 fully saturated rings. The Kier molecular flexibility index (Phi) is 3.88. The molecule has 2 amide bonds. The monoisotopic (exact) mass is 260 g/mol. The standard InChI is InChI=1S/C15H20N2O2/c1-4-14(18)16-12-8-15(19)17(9-12)13-6-5-10(2)11(3)7-13/h5-7,12H,4,8-9H2,1-3H3,(H,16,18)/t12-/m1/s1. The molecule has 1 aliphatic rings. The molecule has 0 aromatic heterocycles. The first-order chi connectivity index (χ1) is 9.01. The summed E-state index contributed by atoms with van der Waals surface area (Å²) in [6.45, 7) is 6.46. The number of carbonyl (C=O) groups is 2. The van der Waals surface area contributed by atoms with Gasteiger partial charge in [-0.2, -0.15) is 0 Å². The topological polar surface area (TPSA) is 49.4 Å². The Bertz CT molecular complexity index is 511. The van der Waals surface area contributed by atoms with Gasteiger partial charge in [-0.1, -0.05) is 13.0 Å². The van der Waals surface area contributed by atoms with Crippen LogP contribution in [0.3, 0.4) is 0 Å². The van der Waals surface area contributed by atoms with Crippen molar-refractivity contribution in [3.63, 3.8) is 0 Å². The number of rotatable bonds is 3. The predicted molar refractivity (Wildman–Crippen MR) is 75.1 cm³/mol. The van der Waals surface area contributed by atoms with Gasteiger partial charge in [0.05, 0.1) is 6.04 Å². The molecule has 102 valence electrons. The van der Waals surface area contributed by atoms with Crippen molar-refractivity contribution >= 4 is 17.5 Å². The molecule has 0 spiro atoms. The van der Waals surface area contributed by atoms with E-state index in [1.807, 2.05) is 32.0 Å². The van der Waals surface area contributed by atoms with E-state index in [0.29, 0.717) is 19.4 Å². The van der Waals surface area contributed by atoms with Gasteiger partial charge in [0.25, 0.3) is 0 Å². The first-order valence-corrected chi connectivity index (χ1v) is 6.68. The lowest BCUT2D eigenvalue weighted by Crippen LogP contribution is -2.36. The fourth-order valence-electron chi connectivity index (χ4n) is 2.28. The van der Waals surface area contributed by atoms with Gasteiger partial charge < -0.3 is 10.2 Å². The zero-order chi connectivity index (χ0) is 14.0. The zero-order valence-corrected chi connectivity index (χ0v) is 11.7. The van der Waals surface area contributed by atoms with Crippen LogP contribution in [0.2, 0.25) is 0 Å². The first kappa shape index (κ1) is 13.6. The van der Waals surface area contributed by atoms with E-state index in [9.17, 15) is 9.59 Å². The molecule has 0 saturated carbocycles. The molecule has 2 rings (SSSR count). The van der Waals surface area contributed by atoms with Crippen LogP contribution >= 0.6 is 0 Å². The number of aryl methyl sites for hydroxylation is 2. The van der Waals surface area contributed by atoms with Crippen LogP contribution in [0.15, 0.2) is 18.2 Å². The number of amides is 2. The Hall–Kier alpha value is -1.84. The van der Waals surface area contributed by atoms with E-state index in [1.165, 1.54) is 11.1 Å². The summed E-state index contributed by atoms with van der Waals surface area (Å²) in [5.41, 5.74) is 3.30. The third-order valence-electron chi connectivity index (χ3n) is 3.61. The highest BCUT2D eigenvalue weighted by Gasteiger charge is 2.31. The molecule has 0 radical (unpaired) electrons. The maximum atomic E-state index is 12.0. The minimum Gasteiger partial charge on any atom is -0.351 e. The van der Waals surface area contributed by atoms with Crippen molar-refractivity contribution in [3.05, 3.63) is 29.3 Å². The number of carbonyl (C=O) groups excluding carboxylic acids is 2. The van der Waals surface area contributed by atoms with Crippen molar-refractivity contribution in [2.45, 2.75) is 39.7 Å². The van der Waals surface area contributed by atoms with Crippen molar-refractivity contribution < 1.29 is 9.59 Å². The maximum absolute atomic E-state index is 12.0. The highest BCUT2D eigenvalue weighted by atomic mass is 16.2. The molecule has 1 aromatic rings. The molecule has 1 saturated heterocycles. The Morgan fingerprint density at radius 3 is 2.74 bits per heavy atom. The van der Waals surface area contributed by atoms with Crippen LogP contribution in [0, 0.1) is 13.8 Å². The van der Waals surface area contributed by atoms with Gasteiger partial charge in [0, 0.05) is 25.1 Å². The van der Waals surface area contributed by atoms with Crippen LogP contribution in [-0.4, -0.2) is 24.4 Å². The van der Waals surface area contributed by atoms with Gasteiger partial charge in [-0.25, -0.2) is 0 Å². The number of nitrogens with zero attached hydrogens (tertiary/aromatic N) is 1. The largest absolute Gasteiger partial charge is 0.351 e. The number of nitrogens with one attached hydrogen (secondary N) is 1. The Morgan fingerprint density at radius 1 is 1.37 bits per heavy atom. The van der Waals surface area contributed by atoms with Crippen molar-refractivity contribution in [2.75, 3.05) is 11.4 Å². The summed E-state index contributed by atoms with van der Waals surface area (Å²) in [4.78, 5) is 25.2. The summed E-state index contributed by atoms with van der Waals surface area (Å²) in [6, 6.07) is 5.94. The minimum absolute atomic E-state index is 0.000244. The lowest BCUT2D eigenvalue weighted by atomic mass is 10.1. The Balaban J connectivity index is 2.11. The van der Waals surface area contributed by atoms with E-state index in [0.717, 1.165) is 5.69 Å². The second kappa shape index (κ2) is 5.43. The van der Waals surface area contributed by atoms with Gasteiger partial charge >= 0.3 is 0 Å². The molecule has 1 aromatic carbocycles. The molecule has 4 nitrogen and oxygen atoms in total. The van der Waals surface area contributed by atoms with Gasteiger partial charge in [0.15, 0.2) is 0 Å². The Morgan fingerprint density at radius 2 is 2.11 bits per heavy atom. The molecule has 1 heterocycles. The molecule has 4 heteroatoms. The lowest BCUT2D eigenvalue weighted by molar-refractivity contribution is -0.121. The highest BCUT2D eigenvalue weighted by Crippen LogP contribution is 2.24. The average Bonchev–Trinajstić information content (AvgIpc) is 2.73.